The van der Waals surface area contributed by atoms with Crippen molar-refractivity contribution in [3.05, 3.63) is 76.2 Å². The average molecular weight is 880 g/mol. The number of aromatic nitrogens is 4. The number of piperidine rings is 2. The molecular formula is C46H55F2N11O5. The van der Waals surface area contributed by atoms with Gasteiger partial charge in [-0.05, 0) is 79.8 Å². The average Bonchev–Trinajstić information content (AvgIpc) is 4.01. The number of benzene rings is 2. The molecule has 16 nitrogen and oxygen atoms in total. The van der Waals surface area contributed by atoms with Crippen LogP contribution in [0, 0.1) is 0 Å². The number of likely N-dealkylation sites (tertiary alicyclic amines) is 1. The molecule has 1 unspecified atom stereocenters. The number of hydrogen-bond donors (Lipinski definition) is 3. The fourth-order valence-electron chi connectivity index (χ4n) is 10.2. The molecule has 0 bridgehead atoms. The number of aryl methyl sites for hydroxylation is 2. The van der Waals surface area contributed by atoms with Gasteiger partial charge in [-0.3, -0.25) is 33.9 Å². The van der Waals surface area contributed by atoms with Gasteiger partial charge in [0.2, 0.25) is 17.7 Å². The number of rotatable bonds is 12. The van der Waals surface area contributed by atoms with E-state index in [4.69, 9.17) is 5.10 Å². The Bertz CT molecular complexity index is 2480. The van der Waals surface area contributed by atoms with E-state index in [0.717, 1.165) is 73.0 Å². The summed E-state index contributed by atoms with van der Waals surface area (Å²) in [6.45, 7) is 3.64. The molecule has 2 saturated heterocycles. The maximum atomic E-state index is 14.7. The lowest BCUT2D eigenvalue weighted by atomic mass is 9.92. The number of alkyl halides is 2. The Morgan fingerprint density at radius 3 is 2.52 bits per heavy atom. The third-order valence-electron chi connectivity index (χ3n) is 13.5. The lowest BCUT2D eigenvalue weighted by Crippen LogP contribution is -2.52. The van der Waals surface area contributed by atoms with Crippen molar-refractivity contribution in [2.45, 2.75) is 102 Å². The molecule has 64 heavy (non-hydrogen) atoms. The van der Waals surface area contributed by atoms with Crippen LogP contribution in [0.1, 0.15) is 109 Å². The largest absolute Gasteiger partial charge is 0.384 e. The number of anilines is 3. The van der Waals surface area contributed by atoms with Gasteiger partial charge in [0.05, 0.1) is 24.3 Å². The van der Waals surface area contributed by atoms with E-state index in [1.165, 1.54) is 0 Å². The first-order valence-electron chi connectivity index (χ1n) is 22.6. The van der Waals surface area contributed by atoms with Crippen LogP contribution in [0.5, 0.6) is 0 Å². The fraction of sp³-hybridized carbons (Fsp3) is 0.500. The number of amides is 6. The second kappa shape index (κ2) is 18.0. The third kappa shape index (κ3) is 8.29. The first kappa shape index (κ1) is 42.9. The van der Waals surface area contributed by atoms with Crippen molar-refractivity contribution in [2.24, 2.45) is 7.05 Å². The Balaban J connectivity index is 0.818. The Hall–Kier alpha value is -6.33. The van der Waals surface area contributed by atoms with E-state index in [-0.39, 0.29) is 41.8 Å². The quantitative estimate of drug-likeness (QED) is 0.121. The van der Waals surface area contributed by atoms with E-state index in [1.54, 1.807) is 47.0 Å². The van der Waals surface area contributed by atoms with Gasteiger partial charge in [-0.2, -0.15) is 10.2 Å². The third-order valence-corrected chi connectivity index (χ3v) is 13.5. The molecule has 6 amide bonds. The molecule has 2 aromatic carbocycles. The van der Waals surface area contributed by atoms with Crippen LogP contribution in [-0.4, -0.2) is 110 Å². The lowest BCUT2D eigenvalue weighted by Gasteiger charge is -2.34. The highest BCUT2D eigenvalue weighted by Crippen LogP contribution is 2.44. The van der Waals surface area contributed by atoms with Gasteiger partial charge in [-0.25, -0.2) is 13.6 Å². The molecule has 2 fully saturated rings. The Kier molecular flexibility index (Phi) is 12.1. The van der Waals surface area contributed by atoms with Gasteiger partial charge in [0.15, 0.2) is 5.82 Å². The summed E-state index contributed by atoms with van der Waals surface area (Å²) in [6.07, 6.45) is 7.64. The van der Waals surface area contributed by atoms with Crippen LogP contribution in [-0.2, 0) is 47.4 Å². The van der Waals surface area contributed by atoms with Crippen molar-refractivity contribution in [3.63, 3.8) is 0 Å². The van der Waals surface area contributed by atoms with E-state index >= 15 is 0 Å². The zero-order valence-electron chi connectivity index (χ0n) is 36.4. The Morgan fingerprint density at radius 2 is 1.77 bits per heavy atom. The van der Waals surface area contributed by atoms with Crippen molar-refractivity contribution in [1.29, 1.82) is 0 Å². The van der Waals surface area contributed by atoms with Gasteiger partial charge in [0.25, 0.3) is 12.3 Å². The normalized spacial score (nSPS) is 18.9. The van der Waals surface area contributed by atoms with Crippen molar-refractivity contribution in [1.82, 2.24) is 44.9 Å². The van der Waals surface area contributed by atoms with Crippen LogP contribution >= 0.6 is 0 Å². The number of fused-ring (bicyclic) bond motifs is 3. The molecule has 7 heterocycles. The maximum Gasteiger partial charge on any atom is 0.317 e. The number of nitrogens with zero attached hydrogens (tertiary/aromatic N) is 8. The van der Waals surface area contributed by atoms with Crippen molar-refractivity contribution >= 4 is 46.9 Å². The number of imide groups is 1. The number of nitrogens with one attached hydrogen (secondary N) is 3. The zero-order valence-corrected chi connectivity index (χ0v) is 36.4. The first-order valence-corrected chi connectivity index (χ1v) is 22.6. The fourth-order valence-corrected chi connectivity index (χ4v) is 10.2. The molecule has 5 aliphatic rings. The number of carbonyl (C=O) groups is 5. The minimum Gasteiger partial charge on any atom is -0.384 e. The van der Waals surface area contributed by atoms with Crippen LogP contribution < -0.4 is 20.9 Å². The number of hydrogen-bond acceptors (Lipinski definition) is 9. The molecule has 4 aromatic rings. The highest BCUT2D eigenvalue weighted by atomic mass is 19.3. The highest BCUT2D eigenvalue weighted by molar-refractivity contribution is 6.07. The van der Waals surface area contributed by atoms with Crippen molar-refractivity contribution < 1.29 is 32.8 Å². The predicted octanol–water partition coefficient (Wildman–Crippen LogP) is 5.60. The van der Waals surface area contributed by atoms with Crippen LogP contribution in [0.3, 0.4) is 0 Å². The molecule has 2 aromatic heterocycles. The van der Waals surface area contributed by atoms with Gasteiger partial charge in [0.1, 0.15) is 6.04 Å². The summed E-state index contributed by atoms with van der Waals surface area (Å²) in [5, 5.41) is 18.0. The second-order valence-electron chi connectivity index (χ2n) is 17.5. The standard InChI is InChI=1S/C46H55F2N11O5/c1-49-46(64)56-21-16-36-34(27-56)43(57-18-7-9-28-22-32(30-24-51-54(2)25-30)33(42(47)48)23-38(28)57)53-59(36)31-14-19-55(20-15-31)40(61)11-4-3-5-17-50-35-10-6-8-29-26-58(45(63)41(29)35)37-12-13-39(60)52-44(37)62/h6,8,10,22-25,31,37,42,50H,3-5,7,9,11-21,26-27H2,1-2H3,(H,49,64)(H,52,60,62). The molecule has 0 saturated carbocycles. The van der Waals surface area contributed by atoms with Gasteiger partial charge in [-0.15, -0.1) is 0 Å². The van der Waals surface area contributed by atoms with Gasteiger partial charge >= 0.3 is 6.03 Å². The summed E-state index contributed by atoms with van der Waals surface area (Å²) in [5.41, 5.74) is 6.89. The number of halogens is 2. The van der Waals surface area contributed by atoms with Crippen LogP contribution in [0.4, 0.5) is 30.8 Å². The molecule has 5 aliphatic heterocycles. The first-order chi connectivity index (χ1) is 31.0. The Morgan fingerprint density at radius 1 is 0.938 bits per heavy atom. The summed E-state index contributed by atoms with van der Waals surface area (Å²) >= 11 is 0. The molecule has 0 radical (unpaired) electrons. The number of unbranched alkanes of at least 4 members (excludes halogenated alkanes) is 2. The molecular weight excluding hydrogens is 825 g/mol. The van der Waals surface area contributed by atoms with Crippen LogP contribution in [0.25, 0.3) is 11.1 Å². The summed E-state index contributed by atoms with van der Waals surface area (Å²) in [5.74, 6) is -0.131. The number of urea groups is 1. The van der Waals surface area contributed by atoms with Crippen molar-refractivity contribution in [3.8, 4) is 11.1 Å². The summed E-state index contributed by atoms with van der Waals surface area (Å²) < 4.78 is 33.2. The van der Waals surface area contributed by atoms with Crippen LogP contribution in [0.2, 0.25) is 0 Å². The van der Waals surface area contributed by atoms with E-state index in [1.807, 2.05) is 29.2 Å². The number of carbonyl (C=O) groups excluding carboxylic acids is 5. The minimum atomic E-state index is -2.69. The van der Waals surface area contributed by atoms with Crippen molar-refractivity contribution in [2.75, 3.05) is 50.0 Å². The monoisotopic (exact) mass is 879 g/mol. The minimum absolute atomic E-state index is 0.0421. The molecule has 18 heteroatoms. The van der Waals surface area contributed by atoms with Gasteiger partial charge in [0, 0.05) is 113 Å². The van der Waals surface area contributed by atoms with E-state index in [9.17, 15) is 32.8 Å². The zero-order chi connectivity index (χ0) is 44.6. The molecule has 1 atom stereocenters. The van der Waals surface area contributed by atoms with E-state index < -0.39 is 18.4 Å². The predicted molar refractivity (Wildman–Crippen MR) is 234 cm³/mol. The SMILES string of the molecule is CNC(=O)N1CCc2c(c(N3CCCc4cc(-c5cnn(C)c5)c(C(F)F)cc43)nn2C2CCN(C(=O)CCCCCNc3cccc4c3C(=O)N(C3CCC(=O)NC3=O)C4)CC2)C1. The van der Waals surface area contributed by atoms with Gasteiger partial charge in [-0.1, -0.05) is 18.6 Å². The molecule has 0 aliphatic carbocycles. The summed E-state index contributed by atoms with van der Waals surface area (Å²) in [4.78, 5) is 71.2. The van der Waals surface area contributed by atoms with E-state index in [2.05, 4.69) is 30.6 Å². The summed E-state index contributed by atoms with van der Waals surface area (Å²) in [6, 6.07) is 8.35. The Labute approximate surface area is 370 Å². The van der Waals surface area contributed by atoms with Gasteiger partial charge < -0.3 is 30.2 Å². The molecule has 338 valence electrons. The summed E-state index contributed by atoms with van der Waals surface area (Å²) in [7, 11) is 3.38. The molecule has 3 N–H and O–H groups in total. The highest BCUT2D eigenvalue weighted by Gasteiger charge is 2.40. The van der Waals surface area contributed by atoms with E-state index in [0.29, 0.717) is 93.3 Å². The lowest BCUT2D eigenvalue weighted by molar-refractivity contribution is -0.137. The molecule has 0 spiro atoms. The second-order valence-corrected chi connectivity index (χ2v) is 17.5. The maximum absolute atomic E-state index is 14.7. The smallest absolute Gasteiger partial charge is 0.317 e. The molecule has 9 rings (SSSR count). The van der Waals surface area contributed by atoms with Crippen LogP contribution in [0.15, 0.2) is 42.7 Å². The topological polar surface area (TPSA) is 170 Å².